The Balaban J connectivity index is 2.57. The fraction of sp³-hybridized carbons (Fsp3) is 0.364. The number of carbonyl (C=O) groups is 1. The van der Waals surface area contributed by atoms with Gasteiger partial charge in [-0.1, -0.05) is 0 Å². The number of nitrogens with zero attached hydrogens (tertiary/aromatic N) is 2. The normalized spacial score (nSPS) is 9.75. The van der Waals surface area contributed by atoms with Crippen molar-refractivity contribution >= 4 is 23.1 Å². The van der Waals surface area contributed by atoms with Crippen molar-refractivity contribution in [2.24, 2.45) is 5.84 Å². The van der Waals surface area contributed by atoms with Gasteiger partial charge in [-0.2, -0.15) is 0 Å². The van der Waals surface area contributed by atoms with Crippen molar-refractivity contribution in [1.29, 1.82) is 0 Å². The quantitative estimate of drug-likeness (QED) is 0.261. The van der Waals surface area contributed by atoms with E-state index < -0.39 is 4.92 Å². The zero-order chi connectivity index (χ0) is 15.1. The van der Waals surface area contributed by atoms with E-state index in [0.717, 1.165) is 0 Å². The minimum Gasteiger partial charge on any atom is -0.383 e. The van der Waals surface area contributed by atoms with Crippen LogP contribution in [-0.2, 0) is 0 Å². The lowest BCUT2D eigenvalue weighted by molar-refractivity contribution is -0.384. The second kappa shape index (κ2) is 7.14. The first kappa shape index (κ1) is 15.5. The van der Waals surface area contributed by atoms with Gasteiger partial charge in [0.05, 0.1) is 10.6 Å². The van der Waals surface area contributed by atoms with E-state index in [1.54, 1.807) is 20.2 Å². The highest BCUT2D eigenvalue weighted by molar-refractivity contribution is 5.73. The monoisotopic (exact) mass is 282 g/mol. The molecule has 20 heavy (non-hydrogen) atoms. The summed E-state index contributed by atoms with van der Waals surface area (Å²) in [6.45, 7) is 0.829. The molecule has 0 saturated heterocycles. The zero-order valence-corrected chi connectivity index (χ0v) is 11.3. The molecule has 0 spiro atoms. The number of rotatable bonds is 6. The molecule has 110 valence electrons. The van der Waals surface area contributed by atoms with Gasteiger partial charge in [0.25, 0.3) is 5.69 Å². The predicted octanol–water partition coefficient (Wildman–Crippen LogP) is 0.564. The molecule has 0 aliphatic carbocycles. The summed E-state index contributed by atoms with van der Waals surface area (Å²) in [5, 5.41) is 16.4. The van der Waals surface area contributed by atoms with Crippen molar-refractivity contribution in [2.75, 3.05) is 37.9 Å². The standard InChI is InChI=1S/C11H18N6O3/c1-16(2)11(18)14-4-3-13-8-5-9(15-12)7-10(6-8)17(19)20/h5-7,13,15H,3-4,12H2,1-2H3,(H,14,18). The molecule has 0 fully saturated rings. The van der Waals surface area contributed by atoms with Gasteiger partial charge >= 0.3 is 6.03 Å². The number of nitrogen functional groups attached to an aromatic ring is 1. The first-order valence-corrected chi connectivity index (χ1v) is 5.89. The molecule has 0 atom stereocenters. The van der Waals surface area contributed by atoms with Crippen LogP contribution in [0, 0.1) is 10.1 Å². The Morgan fingerprint density at radius 3 is 2.50 bits per heavy atom. The van der Waals surface area contributed by atoms with Crippen LogP contribution >= 0.6 is 0 Å². The molecular weight excluding hydrogens is 264 g/mol. The minimum atomic E-state index is -0.500. The maximum atomic E-state index is 11.3. The van der Waals surface area contributed by atoms with Gasteiger partial charge in [-0.05, 0) is 6.07 Å². The molecule has 0 aliphatic rings. The third-order valence-electron chi connectivity index (χ3n) is 2.43. The van der Waals surface area contributed by atoms with Crippen LogP contribution in [0.15, 0.2) is 18.2 Å². The van der Waals surface area contributed by atoms with Crippen molar-refractivity contribution in [3.8, 4) is 0 Å². The molecule has 0 aromatic heterocycles. The number of nitro benzene ring substituents is 1. The smallest absolute Gasteiger partial charge is 0.316 e. The summed E-state index contributed by atoms with van der Waals surface area (Å²) in [4.78, 5) is 23.0. The van der Waals surface area contributed by atoms with Crippen LogP contribution in [0.25, 0.3) is 0 Å². The van der Waals surface area contributed by atoms with Gasteiger partial charge in [-0.3, -0.25) is 16.0 Å². The lowest BCUT2D eigenvalue weighted by Gasteiger charge is -2.13. The highest BCUT2D eigenvalue weighted by atomic mass is 16.6. The van der Waals surface area contributed by atoms with Gasteiger partial charge in [0.2, 0.25) is 0 Å². The summed E-state index contributed by atoms with van der Waals surface area (Å²) in [6.07, 6.45) is 0. The number of urea groups is 1. The van der Waals surface area contributed by atoms with E-state index in [4.69, 9.17) is 5.84 Å². The fourth-order valence-electron chi connectivity index (χ4n) is 1.44. The summed E-state index contributed by atoms with van der Waals surface area (Å²) < 4.78 is 0. The Labute approximate surface area is 116 Å². The molecule has 0 aliphatic heterocycles. The Kier molecular flexibility index (Phi) is 5.54. The van der Waals surface area contributed by atoms with Crippen molar-refractivity contribution in [2.45, 2.75) is 0 Å². The predicted molar refractivity (Wildman–Crippen MR) is 76.5 cm³/mol. The minimum absolute atomic E-state index is 0.0692. The lowest BCUT2D eigenvalue weighted by atomic mass is 10.2. The van der Waals surface area contributed by atoms with Crippen molar-refractivity contribution in [3.63, 3.8) is 0 Å². The van der Waals surface area contributed by atoms with Crippen molar-refractivity contribution in [3.05, 3.63) is 28.3 Å². The number of carbonyl (C=O) groups excluding carboxylic acids is 1. The first-order chi connectivity index (χ1) is 9.43. The number of hydrogen-bond donors (Lipinski definition) is 4. The van der Waals surface area contributed by atoms with Gasteiger partial charge in [0, 0.05) is 45.0 Å². The molecule has 2 amide bonds. The maximum Gasteiger partial charge on any atom is 0.316 e. The van der Waals surface area contributed by atoms with E-state index in [0.29, 0.717) is 24.5 Å². The number of benzene rings is 1. The SMILES string of the molecule is CN(C)C(=O)NCCNc1cc(NN)cc([N+](=O)[O-])c1. The first-order valence-electron chi connectivity index (χ1n) is 5.89. The Morgan fingerprint density at radius 1 is 1.30 bits per heavy atom. The van der Waals surface area contributed by atoms with Crippen molar-refractivity contribution < 1.29 is 9.72 Å². The van der Waals surface area contributed by atoms with Gasteiger partial charge in [0.15, 0.2) is 0 Å². The molecule has 0 radical (unpaired) electrons. The van der Waals surface area contributed by atoms with E-state index in [9.17, 15) is 14.9 Å². The summed E-state index contributed by atoms with van der Waals surface area (Å²) in [5.74, 6) is 5.25. The van der Waals surface area contributed by atoms with Gasteiger partial charge in [-0.25, -0.2) is 4.79 Å². The number of hydrazine groups is 1. The number of nitrogens with one attached hydrogen (secondary N) is 3. The number of anilines is 2. The average molecular weight is 282 g/mol. The molecule has 0 unspecified atom stereocenters. The number of non-ortho nitro benzene ring substituents is 1. The second-order valence-corrected chi connectivity index (χ2v) is 4.22. The van der Waals surface area contributed by atoms with Gasteiger partial charge < -0.3 is 21.0 Å². The molecule has 1 aromatic rings. The van der Waals surface area contributed by atoms with E-state index in [-0.39, 0.29) is 11.7 Å². The van der Waals surface area contributed by atoms with Crippen LogP contribution in [0.5, 0.6) is 0 Å². The molecule has 0 heterocycles. The van der Waals surface area contributed by atoms with Crippen LogP contribution in [-0.4, -0.2) is 43.0 Å². The fourth-order valence-corrected chi connectivity index (χ4v) is 1.44. The highest BCUT2D eigenvalue weighted by Crippen LogP contribution is 2.23. The third kappa shape index (κ3) is 4.61. The molecule has 1 rings (SSSR count). The number of nitrogens with two attached hydrogens (primary N) is 1. The molecule has 1 aromatic carbocycles. The van der Waals surface area contributed by atoms with E-state index in [2.05, 4.69) is 16.1 Å². The van der Waals surface area contributed by atoms with Crippen LogP contribution in [0.4, 0.5) is 21.9 Å². The summed E-state index contributed by atoms with van der Waals surface area (Å²) in [6, 6.07) is 4.17. The van der Waals surface area contributed by atoms with Gasteiger partial charge in [0.1, 0.15) is 0 Å². The molecule has 9 heteroatoms. The molecule has 0 bridgehead atoms. The van der Waals surface area contributed by atoms with E-state index in [1.165, 1.54) is 17.0 Å². The Morgan fingerprint density at radius 2 is 1.95 bits per heavy atom. The summed E-state index contributed by atoms with van der Waals surface area (Å²) in [7, 11) is 3.28. The third-order valence-corrected chi connectivity index (χ3v) is 2.43. The zero-order valence-electron chi connectivity index (χ0n) is 11.3. The number of amides is 2. The Bertz CT molecular complexity index is 491. The molecule has 9 nitrogen and oxygen atoms in total. The van der Waals surface area contributed by atoms with Crippen LogP contribution in [0.1, 0.15) is 0 Å². The van der Waals surface area contributed by atoms with Crippen molar-refractivity contribution in [1.82, 2.24) is 10.2 Å². The number of hydrogen-bond acceptors (Lipinski definition) is 6. The van der Waals surface area contributed by atoms with E-state index >= 15 is 0 Å². The lowest BCUT2D eigenvalue weighted by Crippen LogP contribution is -2.37. The topological polar surface area (TPSA) is 126 Å². The van der Waals surface area contributed by atoms with E-state index in [1.807, 2.05) is 0 Å². The molecular formula is C11H18N6O3. The average Bonchev–Trinajstić information content (AvgIpc) is 2.42. The summed E-state index contributed by atoms with van der Waals surface area (Å²) >= 11 is 0. The largest absolute Gasteiger partial charge is 0.383 e. The number of nitro groups is 1. The molecule has 5 N–H and O–H groups in total. The Hall–Kier alpha value is -2.55. The molecule has 0 saturated carbocycles. The van der Waals surface area contributed by atoms with Crippen LogP contribution < -0.4 is 21.9 Å². The van der Waals surface area contributed by atoms with Crippen LogP contribution in [0.3, 0.4) is 0 Å². The van der Waals surface area contributed by atoms with Crippen LogP contribution in [0.2, 0.25) is 0 Å². The maximum absolute atomic E-state index is 11.3. The second-order valence-electron chi connectivity index (χ2n) is 4.22. The summed E-state index contributed by atoms with van der Waals surface area (Å²) in [5.41, 5.74) is 3.27. The highest BCUT2D eigenvalue weighted by Gasteiger charge is 2.09. The van der Waals surface area contributed by atoms with Gasteiger partial charge in [-0.15, -0.1) is 0 Å².